The van der Waals surface area contributed by atoms with Gasteiger partial charge in [0.25, 0.3) is 5.91 Å². The Bertz CT molecular complexity index is 1380. The van der Waals surface area contributed by atoms with Crippen molar-refractivity contribution in [1.29, 1.82) is 0 Å². The Morgan fingerprint density at radius 2 is 1.85 bits per heavy atom. The number of hydrogen-bond acceptors (Lipinski definition) is 9. The highest BCUT2D eigenvalue weighted by Crippen LogP contribution is 2.54. The first-order chi connectivity index (χ1) is 18.2. The number of aliphatic hydroxyl groups is 3. The topological polar surface area (TPSA) is 165 Å². The normalized spacial score (nSPS) is 29.5. The number of nitrogens with two attached hydrogens (primary N) is 1. The summed E-state index contributed by atoms with van der Waals surface area (Å²) in [6.45, 7) is 5.54. The largest absolute Gasteiger partial charge is 0.508 e. The molecule has 10 nitrogen and oxygen atoms in total. The molecule has 0 unspecified atom stereocenters. The molecule has 11 heteroatoms. The smallest absolute Gasteiger partial charge is 0.255 e. The number of carbonyl (C=O) groups excluding carboxylic acids is 3. The third-order valence-corrected chi connectivity index (χ3v) is 9.68. The molecule has 0 heterocycles. The van der Waals surface area contributed by atoms with E-state index in [0.717, 1.165) is 19.4 Å². The van der Waals surface area contributed by atoms with Gasteiger partial charge in [-0.2, -0.15) is 0 Å². The van der Waals surface area contributed by atoms with Crippen LogP contribution in [0.4, 0.5) is 0 Å². The summed E-state index contributed by atoms with van der Waals surface area (Å²) in [4.78, 5) is 42.9. The van der Waals surface area contributed by atoms with Crippen LogP contribution in [0, 0.1) is 11.8 Å². The molecule has 1 aromatic carbocycles. The molecule has 4 aliphatic carbocycles. The summed E-state index contributed by atoms with van der Waals surface area (Å²) in [7, 11) is 3.13. The van der Waals surface area contributed by atoms with Crippen LogP contribution >= 0.6 is 11.6 Å². The number of benzene rings is 1. The van der Waals surface area contributed by atoms with Gasteiger partial charge >= 0.3 is 0 Å². The van der Waals surface area contributed by atoms with Crippen molar-refractivity contribution in [3.05, 3.63) is 44.7 Å². The maximum Gasteiger partial charge on any atom is 0.255 e. The van der Waals surface area contributed by atoms with E-state index in [4.69, 9.17) is 17.3 Å². The van der Waals surface area contributed by atoms with Gasteiger partial charge in [-0.1, -0.05) is 18.5 Å². The van der Waals surface area contributed by atoms with Crippen LogP contribution in [0.3, 0.4) is 0 Å². The summed E-state index contributed by atoms with van der Waals surface area (Å²) in [5.41, 5.74) is 2.92. The number of amides is 1. The average molecular weight is 560 g/mol. The minimum atomic E-state index is -2.66. The van der Waals surface area contributed by atoms with Crippen molar-refractivity contribution in [2.24, 2.45) is 17.6 Å². The minimum Gasteiger partial charge on any atom is -0.508 e. The number of nitrogens with zero attached hydrogens (tertiary/aromatic N) is 2. The third-order valence-electron chi connectivity index (χ3n) is 9.21. The van der Waals surface area contributed by atoms with Gasteiger partial charge in [0, 0.05) is 28.6 Å². The number of likely N-dealkylation sites (N-methyl/N-ethyl adjacent to an activating group) is 1. The maximum atomic E-state index is 13.9. The predicted molar refractivity (Wildman–Crippen MR) is 143 cm³/mol. The lowest BCUT2D eigenvalue weighted by Gasteiger charge is -2.50. The van der Waals surface area contributed by atoms with Gasteiger partial charge in [-0.05, 0) is 76.4 Å². The molecule has 0 saturated heterocycles. The molecule has 6 N–H and O–H groups in total. The Morgan fingerprint density at radius 3 is 2.38 bits per heavy atom. The van der Waals surface area contributed by atoms with Crippen LogP contribution in [-0.2, 0) is 27.3 Å². The van der Waals surface area contributed by atoms with E-state index in [2.05, 4.69) is 18.7 Å². The van der Waals surface area contributed by atoms with Crippen molar-refractivity contribution in [2.45, 2.75) is 63.3 Å². The molecule has 2 fully saturated rings. The molecule has 0 aliphatic heterocycles. The van der Waals surface area contributed by atoms with Crippen LogP contribution in [0.5, 0.6) is 5.75 Å². The van der Waals surface area contributed by atoms with E-state index in [9.17, 15) is 34.8 Å². The first-order valence-electron chi connectivity index (χ1n) is 13.1. The molecule has 4 atom stereocenters. The van der Waals surface area contributed by atoms with Crippen molar-refractivity contribution in [3.8, 4) is 5.75 Å². The Morgan fingerprint density at radius 1 is 1.21 bits per heavy atom. The van der Waals surface area contributed by atoms with E-state index in [-0.39, 0.29) is 35.3 Å². The number of halogens is 1. The summed E-state index contributed by atoms with van der Waals surface area (Å²) in [5.74, 6) is -6.79. The van der Waals surface area contributed by atoms with Crippen LogP contribution in [0.25, 0.3) is 5.76 Å². The zero-order valence-electron chi connectivity index (χ0n) is 22.4. The summed E-state index contributed by atoms with van der Waals surface area (Å²) < 4.78 is 0. The van der Waals surface area contributed by atoms with Gasteiger partial charge in [0.05, 0.1) is 11.6 Å². The van der Waals surface area contributed by atoms with Gasteiger partial charge in [-0.25, -0.2) is 0 Å². The molecule has 39 heavy (non-hydrogen) atoms. The molecule has 210 valence electrons. The average Bonchev–Trinajstić information content (AvgIpc) is 3.60. The number of Topliss-reactive ketones (excluding diaryl/α,β-unsaturated/α-hetero) is 2. The lowest BCUT2D eigenvalue weighted by Crippen LogP contribution is -2.65. The molecule has 4 aliphatic rings. The Kier molecular flexibility index (Phi) is 6.42. The van der Waals surface area contributed by atoms with Crippen molar-refractivity contribution in [2.75, 3.05) is 20.6 Å². The van der Waals surface area contributed by atoms with Crippen LogP contribution in [0.15, 0.2) is 23.0 Å². The highest BCUT2D eigenvalue weighted by Gasteiger charge is 2.64. The number of primary amides is 1. The quantitative estimate of drug-likeness (QED) is 0.328. The first kappa shape index (κ1) is 27.6. The van der Waals surface area contributed by atoms with Crippen molar-refractivity contribution >= 4 is 34.8 Å². The van der Waals surface area contributed by atoms with E-state index in [0.29, 0.717) is 22.7 Å². The second-order valence-corrected chi connectivity index (χ2v) is 12.1. The molecule has 0 bridgehead atoms. The van der Waals surface area contributed by atoms with Crippen molar-refractivity contribution < 1.29 is 34.8 Å². The van der Waals surface area contributed by atoms with E-state index < -0.39 is 58.0 Å². The Labute approximate surface area is 231 Å². The second-order valence-electron chi connectivity index (χ2n) is 11.7. The highest BCUT2D eigenvalue weighted by molar-refractivity contribution is 6.32. The van der Waals surface area contributed by atoms with Gasteiger partial charge in [0.15, 0.2) is 11.4 Å². The molecular weight excluding hydrogens is 526 g/mol. The molecule has 1 amide bonds. The summed E-state index contributed by atoms with van der Waals surface area (Å²) in [6, 6.07) is 0.358. The molecule has 0 spiro atoms. The molecule has 5 rings (SSSR count). The Hall–Kier alpha value is -2.92. The van der Waals surface area contributed by atoms with Crippen molar-refractivity contribution in [3.63, 3.8) is 0 Å². The fourth-order valence-electron chi connectivity index (χ4n) is 6.85. The summed E-state index contributed by atoms with van der Waals surface area (Å²) >= 11 is 6.88. The summed E-state index contributed by atoms with van der Waals surface area (Å²) in [5, 5.41) is 45.3. The van der Waals surface area contributed by atoms with Gasteiger partial charge in [-0.3, -0.25) is 24.2 Å². The van der Waals surface area contributed by atoms with Crippen LogP contribution in [0.1, 0.15) is 49.8 Å². The molecule has 1 aromatic rings. The molecule has 2 saturated carbocycles. The minimum absolute atomic E-state index is 0.000668. The zero-order chi connectivity index (χ0) is 28.8. The lowest BCUT2D eigenvalue weighted by molar-refractivity contribution is -0.153. The third kappa shape index (κ3) is 3.83. The maximum absolute atomic E-state index is 13.9. The number of aromatic hydroxyl groups is 1. The number of phenols is 1. The standard InChI is InChI=1S/C28H34ClN3O7/c1-5-32(27(2)6-7-27)11-13-10-16(33)18-14(20(13)29)8-12-9-15-21(31(3)4)23(35)19(26(30)38)25(37)28(15,39)24(36)17(12)22(18)34/h10,12,15,21,33-34,37,39H,5-9,11H2,1-4H3,(H2,30,38)/t12-,15-,21-,28-/m0/s1. The number of fused-ring (bicyclic) bond motifs is 3. The van der Waals surface area contributed by atoms with E-state index >= 15 is 0 Å². The first-order valence-corrected chi connectivity index (χ1v) is 13.5. The van der Waals surface area contributed by atoms with E-state index in [1.54, 1.807) is 14.1 Å². The highest BCUT2D eigenvalue weighted by atomic mass is 35.5. The SMILES string of the molecule is CCN(Cc1cc(O)c2c(c1Cl)C[C@H]1C[C@H]3[C@H](N(C)C)C(=O)C(C(N)=O)=C(O)[C@@]3(O)C(=O)C1=C2O)C1(C)CC1. The van der Waals surface area contributed by atoms with Gasteiger partial charge in [-0.15, -0.1) is 0 Å². The number of phenolic OH excluding ortho intramolecular Hbond substituents is 1. The van der Waals surface area contributed by atoms with Crippen LogP contribution in [0.2, 0.25) is 5.02 Å². The van der Waals surface area contributed by atoms with Gasteiger partial charge in [0.2, 0.25) is 5.78 Å². The summed E-state index contributed by atoms with van der Waals surface area (Å²) in [6.07, 6.45) is 2.33. The molecule has 0 aromatic heterocycles. The van der Waals surface area contributed by atoms with Crippen LogP contribution < -0.4 is 5.73 Å². The fourth-order valence-corrected chi connectivity index (χ4v) is 7.14. The number of carbonyl (C=O) groups is 3. The Balaban J connectivity index is 1.64. The monoisotopic (exact) mass is 559 g/mol. The van der Waals surface area contributed by atoms with Crippen molar-refractivity contribution in [1.82, 2.24) is 9.80 Å². The van der Waals surface area contributed by atoms with Crippen LogP contribution in [-0.4, -0.2) is 85.5 Å². The predicted octanol–water partition coefficient (Wildman–Crippen LogP) is 1.99. The zero-order valence-corrected chi connectivity index (χ0v) is 23.2. The number of rotatable bonds is 6. The van der Waals surface area contributed by atoms with Gasteiger partial charge < -0.3 is 26.2 Å². The fraction of sp³-hybridized carbons (Fsp3) is 0.536. The number of aliphatic hydroxyl groups excluding tert-OH is 2. The number of hydrogen-bond donors (Lipinski definition) is 5. The van der Waals surface area contributed by atoms with E-state index in [1.807, 2.05) is 0 Å². The molecular formula is C28H34ClN3O7. The van der Waals surface area contributed by atoms with E-state index in [1.165, 1.54) is 11.0 Å². The number of ketones is 2. The second kappa shape index (κ2) is 9.05. The van der Waals surface area contributed by atoms with Gasteiger partial charge in [0.1, 0.15) is 22.8 Å². The lowest BCUT2D eigenvalue weighted by atomic mass is 9.57. The molecule has 0 radical (unpaired) electrons.